The molecule has 2 nitrogen and oxygen atoms in total. The monoisotopic (exact) mass is 225 g/mol. The van der Waals surface area contributed by atoms with E-state index in [4.69, 9.17) is 10.5 Å². The van der Waals surface area contributed by atoms with Crippen molar-refractivity contribution >= 4 is 0 Å². The van der Waals surface area contributed by atoms with Gasteiger partial charge in [0.2, 0.25) is 0 Å². The van der Waals surface area contributed by atoms with Crippen LogP contribution in [0, 0.1) is 11.7 Å². The number of benzene rings is 1. The fourth-order valence-electron chi connectivity index (χ4n) is 1.45. The van der Waals surface area contributed by atoms with Crippen LogP contribution in [0.4, 0.5) is 4.39 Å². The number of hydrogen-bond donors (Lipinski definition) is 1. The zero-order valence-electron chi connectivity index (χ0n) is 9.95. The van der Waals surface area contributed by atoms with E-state index < -0.39 is 0 Å². The lowest BCUT2D eigenvalue weighted by molar-refractivity contribution is 0.0513. The summed E-state index contributed by atoms with van der Waals surface area (Å²) in [5.41, 5.74) is 6.44. The number of ether oxygens (including phenoxy) is 1. The Labute approximate surface area is 96.6 Å². The summed E-state index contributed by atoms with van der Waals surface area (Å²) in [5.74, 6) is 0.356. The third kappa shape index (κ3) is 4.29. The summed E-state index contributed by atoms with van der Waals surface area (Å²) in [6.07, 6.45) is 0.792. The highest BCUT2D eigenvalue weighted by Crippen LogP contribution is 2.17. The van der Waals surface area contributed by atoms with Crippen LogP contribution < -0.4 is 5.73 Å². The van der Waals surface area contributed by atoms with Crippen molar-refractivity contribution in [1.29, 1.82) is 0 Å². The number of hydrogen-bond acceptors (Lipinski definition) is 2. The fraction of sp³-hybridized carbons (Fsp3) is 0.538. The van der Waals surface area contributed by atoms with Crippen LogP contribution in [0.3, 0.4) is 0 Å². The minimum absolute atomic E-state index is 0.200. The minimum Gasteiger partial charge on any atom is -0.372 e. The van der Waals surface area contributed by atoms with Crippen LogP contribution in [0.2, 0.25) is 0 Å². The summed E-state index contributed by atoms with van der Waals surface area (Å²) >= 11 is 0. The molecule has 3 heteroatoms. The quantitative estimate of drug-likeness (QED) is 0.808. The van der Waals surface area contributed by atoms with Crippen molar-refractivity contribution in [2.24, 2.45) is 11.7 Å². The van der Waals surface area contributed by atoms with E-state index in [-0.39, 0.29) is 11.9 Å². The molecule has 0 bridgehead atoms. The predicted molar refractivity (Wildman–Crippen MR) is 63.6 cm³/mol. The molecule has 0 saturated heterocycles. The van der Waals surface area contributed by atoms with Gasteiger partial charge in [-0.1, -0.05) is 26.0 Å². The first-order chi connectivity index (χ1) is 7.63. The molecule has 16 heavy (non-hydrogen) atoms. The highest BCUT2D eigenvalue weighted by atomic mass is 19.1. The van der Waals surface area contributed by atoms with Crippen LogP contribution in [0.1, 0.15) is 31.9 Å². The maximum Gasteiger partial charge on any atom is 0.123 e. The Hall–Kier alpha value is -0.930. The molecule has 0 amide bonds. The van der Waals surface area contributed by atoms with E-state index in [1.807, 2.05) is 6.07 Å². The highest BCUT2D eigenvalue weighted by molar-refractivity contribution is 5.19. The first-order valence-electron chi connectivity index (χ1n) is 5.70. The Balaban J connectivity index is 2.53. The van der Waals surface area contributed by atoms with Gasteiger partial charge in [0, 0.05) is 13.2 Å². The number of nitrogens with two attached hydrogens (primary N) is 1. The van der Waals surface area contributed by atoms with Gasteiger partial charge in [0.05, 0.1) is 6.10 Å². The molecule has 1 aromatic rings. The minimum atomic E-state index is -0.247. The zero-order chi connectivity index (χ0) is 12.0. The molecule has 0 aromatic heterocycles. The maximum atomic E-state index is 13.0. The summed E-state index contributed by atoms with van der Waals surface area (Å²) < 4.78 is 18.7. The molecule has 1 aromatic carbocycles. The van der Waals surface area contributed by atoms with Crippen molar-refractivity contribution in [3.8, 4) is 0 Å². The third-order valence-electron chi connectivity index (χ3n) is 2.45. The van der Waals surface area contributed by atoms with Gasteiger partial charge in [-0.05, 0) is 30.0 Å². The second-order valence-electron chi connectivity index (χ2n) is 4.33. The first-order valence-corrected chi connectivity index (χ1v) is 5.70. The molecular weight excluding hydrogens is 205 g/mol. The molecule has 0 spiro atoms. The molecule has 1 rings (SSSR count). The van der Waals surface area contributed by atoms with Crippen molar-refractivity contribution < 1.29 is 9.13 Å². The largest absolute Gasteiger partial charge is 0.372 e. The third-order valence-corrected chi connectivity index (χ3v) is 2.45. The Bertz CT molecular complexity index is 315. The van der Waals surface area contributed by atoms with Crippen LogP contribution in [-0.4, -0.2) is 13.2 Å². The van der Waals surface area contributed by atoms with Crippen molar-refractivity contribution in [2.45, 2.75) is 26.4 Å². The second kappa shape index (κ2) is 6.61. The van der Waals surface area contributed by atoms with Gasteiger partial charge in [0.15, 0.2) is 0 Å². The SMILES string of the molecule is CC(C)CCOC(CN)c1cccc(F)c1. The van der Waals surface area contributed by atoms with Crippen LogP contribution in [0.5, 0.6) is 0 Å². The van der Waals surface area contributed by atoms with Crippen molar-refractivity contribution in [3.63, 3.8) is 0 Å². The molecule has 90 valence electrons. The average molecular weight is 225 g/mol. The molecule has 0 saturated carbocycles. The smallest absolute Gasteiger partial charge is 0.123 e. The van der Waals surface area contributed by atoms with E-state index in [2.05, 4.69) is 13.8 Å². The van der Waals surface area contributed by atoms with E-state index in [0.717, 1.165) is 12.0 Å². The highest BCUT2D eigenvalue weighted by Gasteiger charge is 2.10. The fourth-order valence-corrected chi connectivity index (χ4v) is 1.45. The summed E-state index contributed by atoms with van der Waals surface area (Å²) in [7, 11) is 0. The Morgan fingerprint density at radius 2 is 2.12 bits per heavy atom. The lowest BCUT2D eigenvalue weighted by Gasteiger charge is -2.17. The van der Waals surface area contributed by atoms with Crippen LogP contribution in [0.15, 0.2) is 24.3 Å². The van der Waals surface area contributed by atoms with Gasteiger partial charge in [-0.15, -0.1) is 0 Å². The van der Waals surface area contributed by atoms with E-state index in [9.17, 15) is 4.39 Å². The average Bonchev–Trinajstić information content (AvgIpc) is 2.24. The normalized spacial score (nSPS) is 13.1. The molecule has 2 N–H and O–H groups in total. The number of rotatable bonds is 6. The van der Waals surface area contributed by atoms with Gasteiger partial charge in [0.25, 0.3) is 0 Å². The standard InChI is InChI=1S/C13H20FNO/c1-10(2)6-7-16-13(9-15)11-4-3-5-12(14)8-11/h3-5,8,10,13H,6-7,9,15H2,1-2H3. The molecular formula is C13H20FNO. The molecule has 1 unspecified atom stereocenters. The molecule has 0 fully saturated rings. The van der Waals surface area contributed by atoms with Crippen molar-refractivity contribution in [3.05, 3.63) is 35.6 Å². The molecule has 0 aliphatic heterocycles. The molecule has 0 aliphatic carbocycles. The summed E-state index contributed by atoms with van der Waals surface area (Å²) in [5, 5.41) is 0. The summed E-state index contributed by atoms with van der Waals surface area (Å²) in [6.45, 7) is 5.32. The van der Waals surface area contributed by atoms with Crippen LogP contribution in [-0.2, 0) is 4.74 Å². The molecule has 0 heterocycles. The van der Waals surface area contributed by atoms with E-state index in [0.29, 0.717) is 19.1 Å². The molecule has 1 atom stereocenters. The lowest BCUT2D eigenvalue weighted by Crippen LogP contribution is -2.17. The first kappa shape index (κ1) is 13.1. The van der Waals surface area contributed by atoms with Crippen molar-refractivity contribution in [2.75, 3.05) is 13.2 Å². The van der Waals surface area contributed by atoms with Gasteiger partial charge in [-0.2, -0.15) is 0 Å². The van der Waals surface area contributed by atoms with Crippen molar-refractivity contribution in [1.82, 2.24) is 0 Å². The Kier molecular flexibility index (Phi) is 5.43. The van der Waals surface area contributed by atoms with Crippen LogP contribution >= 0.6 is 0 Å². The Morgan fingerprint density at radius 3 is 2.69 bits per heavy atom. The summed E-state index contributed by atoms with van der Waals surface area (Å²) in [6, 6.07) is 6.42. The van der Waals surface area contributed by atoms with E-state index >= 15 is 0 Å². The van der Waals surface area contributed by atoms with E-state index in [1.54, 1.807) is 6.07 Å². The van der Waals surface area contributed by atoms with Gasteiger partial charge in [0.1, 0.15) is 5.82 Å². The summed E-state index contributed by atoms with van der Waals surface area (Å²) in [4.78, 5) is 0. The molecule has 0 aliphatic rings. The van der Waals surface area contributed by atoms with Gasteiger partial charge >= 0.3 is 0 Å². The number of halogens is 1. The van der Waals surface area contributed by atoms with Crippen LogP contribution in [0.25, 0.3) is 0 Å². The predicted octanol–water partition coefficient (Wildman–Crippen LogP) is 2.89. The zero-order valence-corrected chi connectivity index (χ0v) is 9.95. The molecule has 0 radical (unpaired) electrons. The van der Waals surface area contributed by atoms with Gasteiger partial charge in [-0.25, -0.2) is 4.39 Å². The second-order valence-corrected chi connectivity index (χ2v) is 4.33. The Morgan fingerprint density at radius 1 is 1.38 bits per heavy atom. The topological polar surface area (TPSA) is 35.2 Å². The maximum absolute atomic E-state index is 13.0. The van der Waals surface area contributed by atoms with Gasteiger partial charge < -0.3 is 10.5 Å². The van der Waals surface area contributed by atoms with E-state index in [1.165, 1.54) is 12.1 Å². The lowest BCUT2D eigenvalue weighted by atomic mass is 10.1. The van der Waals surface area contributed by atoms with Gasteiger partial charge in [-0.3, -0.25) is 0 Å².